The van der Waals surface area contributed by atoms with Crippen LogP contribution in [0.1, 0.15) is 33.3 Å². The number of carbonyl (C=O) groups is 1. The van der Waals surface area contributed by atoms with E-state index in [0.717, 1.165) is 22.6 Å². The third-order valence-corrected chi connectivity index (χ3v) is 4.29. The Morgan fingerprint density at radius 1 is 1.11 bits per heavy atom. The second kappa shape index (κ2) is 6.68. The molecule has 0 radical (unpaired) electrons. The number of benzene rings is 1. The summed E-state index contributed by atoms with van der Waals surface area (Å²) >= 11 is 0. The van der Waals surface area contributed by atoms with Crippen molar-refractivity contribution in [2.24, 2.45) is 0 Å². The number of amides is 1. The minimum absolute atomic E-state index is 0.100. The molecule has 1 aromatic carbocycles. The van der Waals surface area contributed by atoms with Crippen LogP contribution in [0, 0.1) is 20.8 Å². The van der Waals surface area contributed by atoms with Gasteiger partial charge in [-0.2, -0.15) is 4.98 Å². The predicted octanol–water partition coefficient (Wildman–Crippen LogP) is 3.49. The monoisotopic (exact) mass is 361 g/mol. The molecule has 3 aromatic heterocycles. The fourth-order valence-corrected chi connectivity index (χ4v) is 2.94. The number of nitrogens with zero attached hydrogens (tertiary/aromatic N) is 5. The maximum Gasteiger partial charge on any atom is 0.298 e. The summed E-state index contributed by atoms with van der Waals surface area (Å²) in [6, 6.07) is 13.3. The number of rotatable bonds is 4. The first-order valence-corrected chi connectivity index (χ1v) is 8.63. The van der Waals surface area contributed by atoms with Crippen LogP contribution < -0.4 is 4.90 Å². The van der Waals surface area contributed by atoms with Gasteiger partial charge < -0.3 is 4.42 Å². The smallest absolute Gasteiger partial charge is 0.298 e. The first-order valence-electron chi connectivity index (χ1n) is 8.63. The van der Waals surface area contributed by atoms with Gasteiger partial charge in [0, 0.05) is 17.1 Å². The van der Waals surface area contributed by atoms with Gasteiger partial charge in [0.2, 0.25) is 5.82 Å². The molecule has 0 saturated carbocycles. The van der Waals surface area contributed by atoms with Crippen molar-refractivity contribution < 1.29 is 9.21 Å². The highest BCUT2D eigenvalue weighted by atomic mass is 16.3. The number of fused-ring (bicyclic) bond motifs is 1. The van der Waals surface area contributed by atoms with E-state index in [1.54, 1.807) is 21.7 Å². The molecule has 0 fully saturated rings. The van der Waals surface area contributed by atoms with Gasteiger partial charge in [-0.15, -0.1) is 5.10 Å². The van der Waals surface area contributed by atoms with Crippen LogP contribution in [0.15, 0.2) is 53.1 Å². The lowest BCUT2D eigenvalue weighted by Gasteiger charge is -2.20. The van der Waals surface area contributed by atoms with Crippen molar-refractivity contribution in [3.63, 3.8) is 0 Å². The molecular formula is C20H19N5O2. The SMILES string of the molecule is Cc1ccc(N(Cc2ccco2)C(=O)c2nc3nc(C)cc(C)n3n2)cc1. The van der Waals surface area contributed by atoms with E-state index < -0.39 is 0 Å². The number of hydrogen-bond acceptors (Lipinski definition) is 5. The standard InChI is InChI=1S/C20H19N5O2/c1-13-6-8-16(9-7-13)24(12-17-5-4-10-27-17)19(26)18-22-20-21-14(2)11-15(3)25(20)23-18/h4-11H,12H2,1-3H3. The Morgan fingerprint density at radius 2 is 1.89 bits per heavy atom. The maximum absolute atomic E-state index is 13.2. The summed E-state index contributed by atoms with van der Waals surface area (Å²) in [6.07, 6.45) is 1.59. The Labute approximate surface area is 156 Å². The third kappa shape index (κ3) is 3.31. The minimum Gasteiger partial charge on any atom is -0.467 e. The molecule has 0 bridgehead atoms. The molecule has 7 heteroatoms. The van der Waals surface area contributed by atoms with Crippen LogP contribution in [-0.2, 0) is 6.54 Å². The molecule has 4 aromatic rings. The molecule has 1 amide bonds. The molecule has 27 heavy (non-hydrogen) atoms. The normalized spacial score (nSPS) is 11.1. The highest BCUT2D eigenvalue weighted by molar-refractivity contribution is 6.03. The zero-order chi connectivity index (χ0) is 19.0. The largest absolute Gasteiger partial charge is 0.467 e. The number of aryl methyl sites for hydroxylation is 3. The van der Waals surface area contributed by atoms with E-state index in [1.165, 1.54) is 0 Å². The van der Waals surface area contributed by atoms with Gasteiger partial charge >= 0.3 is 0 Å². The predicted molar refractivity (Wildman–Crippen MR) is 101 cm³/mol. The van der Waals surface area contributed by atoms with Gasteiger partial charge in [0.05, 0.1) is 12.8 Å². The maximum atomic E-state index is 13.2. The van der Waals surface area contributed by atoms with E-state index >= 15 is 0 Å². The van der Waals surface area contributed by atoms with Gasteiger partial charge in [-0.25, -0.2) is 9.50 Å². The third-order valence-electron chi connectivity index (χ3n) is 4.29. The molecule has 0 spiro atoms. The van der Waals surface area contributed by atoms with Crippen molar-refractivity contribution in [1.29, 1.82) is 0 Å². The van der Waals surface area contributed by atoms with E-state index in [-0.39, 0.29) is 18.3 Å². The van der Waals surface area contributed by atoms with E-state index in [9.17, 15) is 4.79 Å². The zero-order valence-electron chi connectivity index (χ0n) is 15.4. The fourth-order valence-electron chi connectivity index (χ4n) is 2.94. The van der Waals surface area contributed by atoms with Crippen LogP contribution >= 0.6 is 0 Å². The van der Waals surface area contributed by atoms with Crippen molar-refractivity contribution in [2.45, 2.75) is 27.3 Å². The van der Waals surface area contributed by atoms with Crippen LogP contribution in [0.5, 0.6) is 0 Å². The number of aromatic nitrogens is 4. The van der Waals surface area contributed by atoms with Gasteiger partial charge in [0.15, 0.2) is 0 Å². The summed E-state index contributed by atoms with van der Waals surface area (Å²) in [4.78, 5) is 23.6. The Bertz CT molecular complexity index is 1100. The van der Waals surface area contributed by atoms with Crippen LogP contribution in [-0.4, -0.2) is 25.5 Å². The van der Waals surface area contributed by atoms with Crippen LogP contribution in [0.25, 0.3) is 5.78 Å². The highest BCUT2D eigenvalue weighted by Crippen LogP contribution is 2.21. The molecule has 7 nitrogen and oxygen atoms in total. The van der Waals surface area contributed by atoms with Crippen molar-refractivity contribution in [3.05, 3.63) is 77.3 Å². The van der Waals surface area contributed by atoms with Crippen molar-refractivity contribution >= 4 is 17.4 Å². The summed E-state index contributed by atoms with van der Waals surface area (Å²) in [5.41, 5.74) is 3.57. The van der Waals surface area contributed by atoms with Crippen LogP contribution in [0.2, 0.25) is 0 Å². The summed E-state index contributed by atoms with van der Waals surface area (Å²) in [5, 5.41) is 4.37. The van der Waals surface area contributed by atoms with Crippen molar-refractivity contribution in [2.75, 3.05) is 4.90 Å². The zero-order valence-corrected chi connectivity index (χ0v) is 15.4. The summed E-state index contributed by atoms with van der Waals surface area (Å²) in [6.45, 7) is 6.09. The summed E-state index contributed by atoms with van der Waals surface area (Å²) < 4.78 is 7.02. The van der Waals surface area contributed by atoms with E-state index in [2.05, 4.69) is 15.1 Å². The summed E-state index contributed by atoms with van der Waals surface area (Å²) in [5.74, 6) is 0.886. The first-order chi connectivity index (χ1) is 13.0. The van der Waals surface area contributed by atoms with Gasteiger partial charge in [-0.05, 0) is 51.1 Å². The van der Waals surface area contributed by atoms with Crippen LogP contribution in [0.4, 0.5) is 5.69 Å². The molecule has 0 aliphatic rings. The average molecular weight is 361 g/mol. The molecule has 0 atom stereocenters. The van der Waals surface area contributed by atoms with E-state index in [4.69, 9.17) is 4.42 Å². The highest BCUT2D eigenvalue weighted by Gasteiger charge is 2.24. The molecule has 136 valence electrons. The Balaban J connectivity index is 1.75. The van der Waals surface area contributed by atoms with Gasteiger partial charge in [-0.1, -0.05) is 17.7 Å². The van der Waals surface area contributed by atoms with Crippen molar-refractivity contribution in [3.8, 4) is 0 Å². The first kappa shape index (κ1) is 17.0. The lowest BCUT2D eigenvalue weighted by atomic mass is 10.2. The lowest BCUT2D eigenvalue weighted by molar-refractivity contribution is 0.0973. The number of furan rings is 1. The van der Waals surface area contributed by atoms with E-state index in [0.29, 0.717) is 11.5 Å². The molecule has 4 rings (SSSR count). The van der Waals surface area contributed by atoms with Crippen LogP contribution in [0.3, 0.4) is 0 Å². The average Bonchev–Trinajstić information content (AvgIpc) is 3.29. The minimum atomic E-state index is -0.308. The van der Waals surface area contributed by atoms with Gasteiger partial charge in [-0.3, -0.25) is 9.69 Å². The second-order valence-corrected chi connectivity index (χ2v) is 6.49. The van der Waals surface area contributed by atoms with Gasteiger partial charge in [0.25, 0.3) is 11.7 Å². The number of hydrogen-bond donors (Lipinski definition) is 0. The topological polar surface area (TPSA) is 76.5 Å². The summed E-state index contributed by atoms with van der Waals surface area (Å²) in [7, 11) is 0. The molecule has 0 N–H and O–H groups in total. The number of carbonyl (C=O) groups excluding carboxylic acids is 1. The Morgan fingerprint density at radius 3 is 2.59 bits per heavy atom. The lowest BCUT2D eigenvalue weighted by Crippen LogP contribution is -2.31. The Hall–Kier alpha value is -3.48. The number of anilines is 1. The second-order valence-electron chi connectivity index (χ2n) is 6.49. The van der Waals surface area contributed by atoms with E-state index in [1.807, 2.05) is 57.2 Å². The molecule has 0 saturated heterocycles. The quantitative estimate of drug-likeness (QED) is 0.556. The van der Waals surface area contributed by atoms with Gasteiger partial charge in [0.1, 0.15) is 5.76 Å². The molecule has 3 heterocycles. The fraction of sp³-hybridized carbons (Fsp3) is 0.200. The Kier molecular flexibility index (Phi) is 4.19. The van der Waals surface area contributed by atoms with Crippen molar-refractivity contribution in [1.82, 2.24) is 19.6 Å². The molecule has 0 aliphatic carbocycles. The molecular weight excluding hydrogens is 342 g/mol. The molecule has 0 unspecified atom stereocenters. The molecule has 0 aliphatic heterocycles.